The second-order valence-corrected chi connectivity index (χ2v) is 3.09. The number of carbonyl (C=O) groups is 2. The van der Waals surface area contributed by atoms with Crippen molar-refractivity contribution in [2.45, 2.75) is 19.2 Å². The van der Waals surface area contributed by atoms with Crippen molar-refractivity contribution in [3.05, 3.63) is 24.5 Å². The standard InChI is InChI=1S/C8H9NO3.C2HF3O2/c1-6(8(10)11)12-7-3-2-4-9-5-7;3-2(4,5)1(6)7/h2-6H,1H3,(H,10,11);(H,6,7). The van der Waals surface area contributed by atoms with Crippen LogP contribution in [-0.2, 0) is 9.59 Å². The summed E-state index contributed by atoms with van der Waals surface area (Å²) in [5, 5.41) is 15.6. The molecule has 0 fully saturated rings. The molecule has 0 bridgehead atoms. The lowest BCUT2D eigenvalue weighted by Crippen LogP contribution is -2.22. The molecule has 1 unspecified atom stereocenters. The maximum atomic E-state index is 10.6. The van der Waals surface area contributed by atoms with Crippen molar-refractivity contribution in [3.8, 4) is 5.75 Å². The monoisotopic (exact) mass is 281 g/mol. The van der Waals surface area contributed by atoms with Crippen molar-refractivity contribution in [2.75, 3.05) is 0 Å². The molecule has 0 radical (unpaired) electrons. The molecule has 9 heteroatoms. The van der Waals surface area contributed by atoms with Gasteiger partial charge in [0.1, 0.15) is 5.75 Å². The van der Waals surface area contributed by atoms with E-state index < -0.39 is 24.2 Å². The highest BCUT2D eigenvalue weighted by Crippen LogP contribution is 2.13. The summed E-state index contributed by atoms with van der Waals surface area (Å²) >= 11 is 0. The van der Waals surface area contributed by atoms with Gasteiger partial charge in [0.2, 0.25) is 0 Å². The van der Waals surface area contributed by atoms with Gasteiger partial charge in [0, 0.05) is 6.20 Å². The lowest BCUT2D eigenvalue weighted by molar-refractivity contribution is -0.192. The molecular weight excluding hydrogens is 271 g/mol. The Morgan fingerprint density at radius 2 is 1.89 bits per heavy atom. The van der Waals surface area contributed by atoms with E-state index in [1.807, 2.05) is 0 Å². The van der Waals surface area contributed by atoms with Crippen LogP contribution < -0.4 is 4.74 Å². The Morgan fingerprint density at radius 1 is 1.37 bits per heavy atom. The van der Waals surface area contributed by atoms with Gasteiger partial charge in [-0.25, -0.2) is 9.59 Å². The summed E-state index contributed by atoms with van der Waals surface area (Å²) in [5.74, 6) is -3.28. The molecule has 2 N–H and O–H groups in total. The van der Waals surface area contributed by atoms with Crippen molar-refractivity contribution < 1.29 is 37.7 Å². The van der Waals surface area contributed by atoms with Crippen LogP contribution in [-0.4, -0.2) is 39.4 Å². The van der Waals surface area contributed by atoms with Crippen LogP contribution >= 0.6 is 0 Å². The molecule has 1 atom stereocenters. The number of carboxylic acids is 2. The molecule has 19 heavy (non-hydrogen) atoms. The van der Waals surface area contributed by atoms with E-state index in [-0.39, 0.29) is 0 Å². The maximum absolute atomic E-state index is 10.6. The van der Waals surface area contributed by atoms with E-state index in [2.05, 4.69) is 4.98 Å². The number of halogens is 3. The van der Waals surface area contributed by atoms with Crippen LogP contribution in [0.1, 0.15) is 6.92 Å². The minimum absolute atomic E-state index is 0.465. The number of hydrogen-bond donors (Lipinski definition) is 2. The fourth-order valence-electron chi connectivity index (χ4n) is 0.671. The molecule has 0 saturated heterocycles. The van der Waals surface area contributed by atoms with Crippen molar-refractivity contribution in [2.24, 2.45) is 0 Å². The average molecular weight is 281 g/mol. The van der Waals surface area contributed by atoms with E-state index >= 15 is 0 Å². The lowest BCUT2D eigenvalue weighted by Gasteiger charge is -2.08. The number of hydrogen-bond acceptors (Lipinski definition) is 4. The van der Waals surface area contributed by atoms with Crippen LogP contribution in [0.25, 0.3) is 0 Å². The number of rotatable bonds is 3. The van der Waals surface area contributed by atoms with Gasteiger partial charge in [-0.15, -0.1) is 0 Å². The molecule has 0 amide bonds. The van der Waals surface area contributed by atoms with E-state index in [0.717, 1.165) is 0 Å². The summed E-state index contributed by atoms with van der Waals surface area (Å²) in [5.41, 5.74) is 0. The zero-order valence-corrected chi connectivity index (χ0v) is 9.59. The van der Waals surface area contributed by atoms with Gasteiger partial charge in [-0.05, 0) is 19.1 Å². The van der Waals surface area contributed by atoms with Crippen LogP contribution in [0.4, 0.5) is 13.2 Å². The normalized spacial score (nSPS) is 11.8. The Balaban J connectivity index is 0.000000399. The summed E-state index contributed by atoms with van der Waals surface area (Å²) in [6, 6.07) is 3.34. The summed E-state index contributed by atoms with van der Waals surface area (Å²) < 4.78 is 36.7. The first-order valence-corrected chi connectivity index (χ1v) is 4.74. The number of ether oxygens (including phenoxy) is 1. The Hall–Kier alpha value is -2.32. The molecular formula is C10H10F3NO5. The van der Waals surface area contributed by atoms with Crippen molar-refractivity contribution >= 4 is 11.9 Å². The fraction of sp³-hybridized carbons (Fsp3) is 0.300. The average Bonchev–Trinajstić information content (AvgIpc) is 2.29. The molecule has 0 aliphatic heterocycles. The van der Waals surface area contributed by atoms with Gasteiger partial charge in [0.05, 0.1) is 6.20 Å². The van der Waals surface area contributed by atoms with E-state index in [1.54, 1.807) is 18.3 Å². The van der Waals surface area contributed by atoms with Crippen LogP contribution in [0.5, 0.6) is 5.75 Å². The molecule has 1 rings (SSSR count). The van der Waals surface area contributed by atoms with Crippen LogP contribution in [0.15, 0.2) is 24.5 Å². The largest absolute Gasteiger partial charge is 0.490 e. The number of aromatic nitrogens is 1. The Labute approximate surface area is 105 Å². The summed E-state index contributed by atoms with van der Waals surface area (Å²) in [6.07, 6.45) is -2.85. The molecule has 106 valence electrons. The minimum Gasteiger partial charge on any atom is -0.479 e. The number of aliphatic carboxylic acids is 2. The van der Waals surface area contributed by atoms with Crippen molar-refractivity contribution in [1.82, 2.24) is 4.98 Å². The Kier molecular flexibility index (Phi) is 6.31. The number of alkyl halides is 3. The molecule has 0 saturated carbocycles. The Morgan fingerprint density at radius 3 is 2.21 bits per heavy atom. The highest BCUT2D eigenvalue weighted by molar-refractivity contribution is 5.73. The van der Waals surface area contributed by atoms with E-state index in [4.69, 9.17) is 19.7 Å². The van der Waals surface area contributed by atoms with E-state index in [9.17, 15) is 18.0 Å². The third kappa shape index (κ3) is 7.58. The maximum Gasteiger partial charge on any atom is 0.490 e. The second kappa shape index (κ2) is 7.19. The number of pyridine rings is 1. The van der Waals surface area contributed by atoms with Crippen molar-refractivity contribution in [1.29, 1.82) is 0 Å². The fourth-order valence-corrected chi connectivity index (χ4v) is 0.671. The summed E-state index contributed by atoms with van der Waals surface area (Å²) in [4.78, 5) is 23.0. The number of carboxylic acid groups (broad SMARTS) is 2. The van der Waals surface area contributed by atoms with Gasteiger partial charge < -0.3 is 14.9 Å². The van der Waals surface area contributed by atoms with Gasteiger partial charge >= 0.3 is 18.1 Å². The highest BCUT2D eigenvalue weighted by Gasteiger charge is 2.38. The zero-order chi connectivity index (χ0) is 15.1. The van der Waals surface area contributed by atoms with Gasteiger partial charge in [-0.2, -0.15) is 13.2 Å². The summed E-state index contributed by atoms with van der Waals surface area (Å²) in [7, 11) is 0. The third-order valence-corrected chi connectivity index (χ3v) is 1.54. The van der Waals surface area contributed by atoms with Gasteiger partial charge in [-0.3, -0.25) is 4.98 Å². The smallest absolute Gasteiger partial charge is 0.479 e. The Bertz CT molecular complexity index is 421. The highest BCUT2D eigenvalue weighted by atomic mass is 19.4. The molecule has 1 aromatic heterocycles. The quantitative estimate of drug-likeness (QED) is 0.872. The number of nitrogens with zero attached hydrogens (tertiary/aromatic N) is 1. The lowest BCUT2D eigenvalue weighted by atomic mass is 10.4. The molecule has 0 aliphatic carbocycles. The minimum atomic E-state index is -5.08. The van der Waals surface area contributed by atoms with Crippen LogP contribution in [0.2, 0.25) is 0 Å². The van der Waals surface area contributed by atoms with Gasteiger partial charge in [-0.1, -0.05) is 0 Å². The summed E-state index contributed by atoms with van der Waals surface area (Å²) in [6.45, 7) is 1.47. The van der Waals surface area contributed by atoms with E-state index in [1.165, 1.54) is 13.1 Å². The molecule has 0 spiro atoms. The molecule has 6 nitrogen and oxygen atoms in total. The third-order valence-electron chi connectivity index (χ3n) is 1.54. The predicted molar refractivity (Wildman–Crippen MR) is 55.7 cm³/mol. The van der Waals surface area contributed by atoms with Crippen LogP contribution in [0.3, 0.4) is 0 Å². The first-order chi connectivity index (χ1) is 8.64. The van der Waals surface area contributed by atoms with Crippen LogP contribution in [0, 0.1) is 0 Å². The topological polar surface area (TPSA) is 96.7 Å². The zero-order valence-electron chi connectivity index (χ0n) is 9.59. The second-order valence-electron chi connectivity index (χ2n) is 3.09. The molecule has 1 aromatic rings. The van der Waals surface area contributed by atoms with Crippen molar-refractivity contribution in [3.63, 3.8) is 0 Å². The molecule has 0 aliphatic rings. The molecule has 0 aromatic carbocycles. The van der Waals surface area contributed by atoms with Gasteiger partial charge in [0.15, 0.2) is 6.10 Å². The first kappa shape index (κ1) is 16.7. The first-order valence-electron chi connectivity index (χ1n) is 4.74. The van der Waals surface area contributed by atoms with E-state index in [0.29, 0.717) is 5.75 Å². The van der Waals surface area contributed by atoms with Gasteiger partial charge in [0.25, 0.3) is 0 Å². The predicted octanol–water partition coefficient (Wildman–Crippen LogP) is 1.57. The molecule has 1 heterocycles. The SMILES string of the molecule is CC(Oc1cccnc1)C(=O)O.O=C(O)C(F)(F)F.